The average molecular weight is 235 g/mol. The van der Waals surface area contributed by atoms with Crippen LogP contribution < -0.4 is 5.32 Å². The van der Waals surface area contributed by atoms with Crippen molar-refractivity contribution in [2.45, 2.75) is 25.8 Å². The minimum absolute atomic E-state index is 0.0286. The maximum absolute atomic E-state index is 11.9. The Morgan fingerprint density at radius 2 is 1.94 bits per heavy atom. The van der Waals surface area contributed by atoms with Crippen LogP contribution in [0.1, 0.15) is 30.1 Å². The van der Waals surface area contributed by atoms with Crippen molar-refractivity contribution in [2.24, 2.45) is 0 Å². The van der Waals surface area contributed by atoms with Gasteiger partial charge in [-0.3, -0.25) is 9.59 Å². The Kier molecular flexibility index (Phi) is 5.36. The summed E-state index contributed by atoms with van der Waals surface area (Å²) in [6.45, 7) is 2.32. The number of hydrogen-bond donors (Lipinski definition) is 2. The summed E-state index contributed by atoms with van der Waals surface area (Å²) >= 11 is 0. The highest BCUT2D eigenvalue weighted by atomic mass is 16.4. The molecule has 0 saturated heterocycles. The van der Waals surface area contributed by atoms with Crippen molar-refractivity contribution < 1.29 is 14.7 Å². The van der Waals surface area contributed by atoms with E-state index < -0.39 is 5.97 Å². The van der Waals surface area contributed by atoms with Gasteiger partial charge in [-0.05, 0) is 19.9 Å². The highest BCUT2D eigenvalue weighted by Crippen LogP contribution is 2.03. The zero-order valence-electron chi connectivity index (χ0n) is 9.85. The molecule has 1 aromatic rings. The van der Waals surface area contributed by atoms with Crippen LogP contribution in [0.2, 0.25) is 0 Å². The molecule has 2 N–H and O–H groups in total. The van der Waals surface area contributed by atoms with E-state index in [0.717, 1.165) is 0 Å². The molecule has 4 nitrogen and oxygen atoms in total. The predicted octanol–water partition coefficient (Wildman–Crippen LogP) is 1.71. The number of hydrogen-bond acceptors (Lipinski definition) is 3. The normalized spacial score (nSPS) is 12.1. The van der Waals surface area contributed by atoms with Gasteiger partial charge in [-0.1, -0.05) is 30.3 Å². The minimum Gasteiger partial charge on any atom is -0.481 e. The molecule has 1 aromatic carbocycles. The van der Waals surface area contributed by atoms with E-state index in [1.54, 1.807) is 19.1 Å². The van der Waals surface area contributed by atoms with E-state index in [1.807, 2.05) is 18.2 Å². The zero-order chi connectivity index (χ0) is 12.7. The molecule has 0 heterocycles. The number of carbonyl (C=O) groups excluding carboxylic acids is 1. The fourth-order valence-corrected chi connectivity index (χ4v) is 1.50. The molecule has 1 unspecified atom stereocenters. The maximum atomic E-state index is 11.9. The number of ketones is 1. The lowest BCUT2D eigenvalue weighted by atomic mass is 10.1. The Balaban J connectivity index is 2.35. The topological polar surface area (TPSA) is 66.4 Å². The van der Waals surface area contributed by atoms with Crippen LogP contribution in [0.25, 0.3) is 0 Å². The molecule has 1 rings (SSSR count). The van der Waals surface area contributed by atoms with Gasteiger partial charge in [0.15, 0.2) is 5.78 Å². The number of rotatable bonds is 7. The van der Waals surface area contributed by atoms with Crippen LogP contribution in [0.15, 0.2) is 30.3 Å². The molecule has 4 heteroatoms. The lowest BCUT2D eigenvalue weighted by Gasteiger charge is -2.12. The molecule has 0 radical (unpaired) electrons. The molecule has 0 amide bonds. The van der Waals surface area contributed by atoms with Gasteiger partial charge >= 0.3 is 5.97 Å². The summed E-state index contributed by atoms with van der Waals surface area (Å²) < 4.78 is 0. The largest absolute Gasteiger partial charge is 0.481 e. The Bertz CT molecular complexity index is 376. The van der Waals surface area contributed by atoms with Crippen LogP contribution >= 0.6 is 0 Å². The lowest BCUT2D eigenvalue weighted by Crippen LogP contribution is -2.34. The van der Waals surface area contributed by atoms with Crippen LogP contribution in [0.3, 0.4) is 0 Å². The van der Waals surface area contributed by atoms with Crippen LogP contribution in [-0.2, 0) is 4.79 Å². The molecule has 0 saturated carbocycles. The predicted molar refractivity (Wildman–Crippen MR) is 65.1 cm³/mol. The maximum Gasteiger partial charge on any atom is 0.303 e. The van der Waals surface area contributed by atoms with Gasteiger partial charge < -0.3 is 10.4 Å². The van der Waals surface area contributed by atoms with Gasteiger partial charge in [0.2, 0.25) is 0 Å². The van der Waals surface area contributed by atoms with E-state index >= 15 is 0 Å². The zero-order valence-corrected chi connectivity index (χ0v) is 9.85. The summed E-state index contributed by atoms with van der Waals surface area (Å²) in [4.78, 5) is 22.2. The van der Waals surface area contributed by atoms with Crippen molar-refractivity contribution in [1.29, 1.82) is 0 Å². The van der Waals surface area contributed by atoms with Crippen LogP contribution in [0, 0.1) is 0 Å². The van der Waals surface area contributed by atoms with Gasteiger partial charge in [-0.25, -0.2) is 0 Å². The molecular formula is C13H17NO3. The van der Waals surface area contributed by atoms with Gasteiger partial charge in [-0.2, -0.15) is 0 Å². The standard InChI is InChI=1S/C13H17NO3/c1-10(14-9-5-8-12(15)16)13(17)11-6-3-2-4-7-11/h2-4,6-7,10,14H,5,8-9H2,1H3,(H,15,16). The van der Waals surface area contributed by atoms with Crippen LogP contribution in [0.5, 0.6) is 0 Å². The Morgan fingerprint density at radius 1 is 1.29 bits per heavy atom. The number of benzene rings is 1. The molecule has 0 aliphatic heterocycles. The number of carboxylic acids is 1. The first-order chi connectivity index (χ1) is 8.11. The summed E-state index contributed by atoms with van der Waals surface area (Å²) in [5.74, 6) is -0.783. The molecule has 17 heavy (non-hydrogen) atoms. The molecule has 0 bridgehead atoms. The summed E-state index contributed by atoms with van der Waals surface area (Å²) in [5, 5.41) is 11.5. The first kappa shape index (κ1) is 13.4. The fraction of sp³-hybridized carbons (Fsp3) is 0.385. The molecule has 1 atom stereocenters. The third kappa shape index (κ3) is 4.78. The number of carbonyl (C=O) groups is 2. The van der Waals surface area contributed by atoms with Crippen molar-refractivity contribution in [3.63, 3.8) is 0 Å². The van der Waals surface area contributed by atoms with E-state index in [4.69, 9.17) is 5.11 Å². The summed E-state index contributed by atoms with van der Waals surface area (Å²) in [5.41, 5.74) is 0.672. The van der Waals surface area contributed by atoms with Crippen molar-refractivity contribution >= 4 is 11.8 Å². The Morgan fingerprint density at radius 3 is 2.53 bits per heavy atom. The molecule has 0 spiro atoms. The minimum atomic E-state index is -0.811. The monoisotopic (exact) mass is 235 g/mol. The van der Waals surface area contributed by atoms with Gasteiger partial charge in [0, 0.05) is 12.0 Å². The van der Waals surface area contributed by atoms with Crippen LogP contribution in [-0.4, -0.2) is 29.4 Å². The second-order valence-electron chi connectivity index (χ2n) is 3.90. The van der Waals surface area contributed by atoms with Crippen molar-refractivity contribution in [3.8, 4) is 0 Å². The number of carboxylic acid groups (broad SMARTS) is 1. The average Bonchev–Trinajstić information content (AvgIpc) is 2.34. The molecule has 0 fully saturated rings. The van der Waals surface area contributed by atoms with Crippen molar-refractivity contribution in [2.75, 3.05) is 6.54 Å². The Hall–Kier alpha value is -1.68. The first-order valence-corrected chi connectivity index (χ1v) is 5.65. The summed E-state index contributed by atoms with van der Waals surface area (Å²) in [6, 6.07) is 8.78. The third-order valence-corrected chi connectivity index (χ3v) is 2.47. The van der Waals surface area contributed by atoms with Crippen molar-refractivity contribution in [3.05, 3.63) is 35.9 Å². The van der Waals surface area contributed by atoms with E-state index in [9.17, 15) is 9.59 Å². The van der Waals surface area contributed by atoms with E-state index in [2.05, 4.69) is 5.32 Å². The van der Waals surface area contributed by atoms with Gasteiger partial charge in [0.1, 0.15) is 0 Å². The second kappa shape index (κ2) is 6.81. The summed E-state index contributed by atoms with van der Waals surface area (Å²) in [7, 11) is 0. The number of Topliss-reactive ketones (excluding diaryl/α,β-unsaturated/α-hetero) is 1. The quantitative estimate of drug-likeness (QED) is 0.557. The molecular weight excluding hydrogens is 218 g/mol. The number of aliphatic carboxylic acids is 1. The van der Waals surface area contributed by atoms with E-state index in [1.165, 1.54) is 0 Å². The molecule has 0 aliphatic rings. The van der Waals surface area contributed by atoms with E-state index in [-0.39, 0.29) is 18.2 Å². The van der Waals surface area contributed by atoms with Crippen molar-refractivity contribution in [1.82, 2.24) is 5.32 Å². The third-order valence-electron chi connectivity index (χ3n) is 2.47. The second-order valence-corrected chi connectivity index (χ2v) is 3.90. The first-order valence-electron chi connectivity index (χ1n) is 5.65. The smallest absolute Gasteiger partial charge is 0.303 e. The fourth-order valence-electron chi connectivity index (χ4n) is 1.50. The SMILES string of the molecule is CC(NCCCC(=O)O)C(=O)c1ccccc1. The number of nitrogens with one attached hydrogen (secondary N) is 1. The molecule has 92 valence electrons. The summed E-state index contributed by atoms with van der Waals surface area (Å²) in [6.07, 6.45) is 0.654. The Labute approximate surface area is 101 Å². The van der Waals surface area contributed by atoms with Gasteiger partial charge in [0.25, 0.3) is 0 Å². The van der Waals surface area contributed by atoms with E-state index in [0.29, 0.717) is 18.5 Å². The lowest BCUT2D eigenvalue weighted by molar-refractivity contribution is -0.137. The van der Waals surface area contributed by atoms with Crippen LogP contribution in [0.4, 0.5) is 0 Å². The van der Waals surface area contributed by atoms with Gasteiger partial charge in [0.05, 0.1) is 6.04 Å². The molecule has 0 aromatic heterocycles. The highest BCUT2D eigenvalue weighted by Gasteiger charge is 2.13. The molecule has 0 aliphatic carbocycles. The van der Waals surface area contributed by atoms with Gasteiger partial charge in [-0.15, -0.1) is 0 Å². The highest BCUT2D eigenvalue weighted by molar-refractivity contribution is 5.99.